The van der Waals surface area contributed by atoms with Gasteiger partial charge in [-0.05, 0) is 80.4 Å². The molecule has 1 amide bonds. The van der Waals surface area contributed by atoms with Gasteiger partial charge in [-0.15, -0.1) is 0 Å². The van der Waals surface area contributed by atoms with E-state index >= 15 is 0 Å². The first-order valence-electron chi connectivity index (χ1n) is 13.8. The Morgan fingerprint density at radius 1 is 1.10 bits per heavy atom. The van der Waals surface area contributed by atoms with Crippen molar-refractivity contribution in [1.29, 1.82) is 0 Å². The van der Waals surface area contributed by atoms with Gasteiger partial charge in [0.1, 0.15) is 17.4 Å². The van der Waals surface area contributed by atoms with Crippen LogP contribution in [-0.2, 0) is 27.2 Å². The molecule has 2 fully saturated rings. The van der Waals surface area contributed by atoms with Gasteiger partial charge in [0.05, 0.1) is 18.3 Å². The van der Waals surface area contributed by atoms with Gasteiger partial charge in [0, 0.05) is 17.5 Å². The zero-order chi connectivity index (χ0) is 29.8. The summed E-state index contributed by atoms with van der Waals surface area (Å²) in [5, 5.41) is 44.9. The lowest BCUT2D eigenvalue weighted by Gasteiger charge is -2.53. The second-order valence-corrected chi connectivity index (χ2v) is 11.6. The maximum absolute atomic E-state index is 14.0. The summed E-state index contributed by atoms with van der Waals surface area (Å²) >= 11 is 0. The normalized spacial score (nSPS) is 29.3. The number of aliphatic hydroxyl groups excluding tert-OH is 2. The van der Waals surface area contributed by atoms with Crippen LogP contribution in [0.1, 0.15) is 36.0 Å². The van der Waals surface area contributed by atoms with Gasteiger partial charge < -0.3 is 31.1 Å². The van der Waals surface area contributed by atoms with Crippen LogP contribution >= 0.6 is 0 Å². The van der Waals surface area contributed by atoms with Crippen molar-refractivity contribution >= 4 is 23.2 Å². The predicted molar refractivity (Wildman–Crippen MR) is 148 cm³/mol. The molecule has 0 heterocycles. The highest BCUT2D eigenvalue weighted by Gasteiger charge is 2.67. The minimum atomic E-state index is -2.68. The number of ketones is 2. The summed E-state index contributed by atoms with van der Waals surface area (Å²) in [4.78, 5) is 41.1. The number of carbonyl (C=O) groups is 3. The van der Waals surface area contributed by atoms with Crippen LogP contribution in [0.3, 0.4) is 0 Å². The van der Waals surface area contributed by atoms with Crippen LogP contribution in [0, 0.1) is 17.8 Å². The summed E-state index contributed by atoms with van der Waals surface area (Å²) in [7, 11) is 3.23. The number of phenolic OH excluding ortho intramolecular Hbond substituents is 1. The second-order valence-electron chi connectivity index (χ2n) is 11.6. The number of aromatic hydroxyl groups is 1. The molecule has 2 saturated carbocycles. The van der Waals surface area contributed by atoms with Crippen LogP contribution in [-0.4, -0.2) is 81.3 Å². The van der Waals surface area contributed by atoms with Gasteiger partial charge >= 0.3 is 0 Å². The Morgan fingerprint density at radius 3 is 2.39 bits per heavy atom. The molecule has 0 radical (unpaired) electrons. The number of fused-ring (bicyclic) bond motifs is 3. The predicted octanol–water partition coefficient (Wildman–Crippen LogP) is 2.09. The number of benzene rings is 2. The van der Waals surface area contributed by atoms with Crippen LogP contribution in [0.4, 0.5) is 4.39 Å². The molecule has 2 aromatic rings. The van der Waals surface area contributed by atoms with Crippen molar-refractivity contribution in [2.75, 3.05) is 20.8 Å². The highest BCUT2D eigenvalue weighted by Crippen LogP contribution is 2.53. The number of phenols is 1. The number of halogens is 1. The zero-order valence-electron chi connectivity index (χ0n) is 23.0. The molecule has 3 aliphatic carbocycles. The monoisotopic (exact) mass is 566 g/mol. The molecule has 3 unspecified atom stereocenters. The van der Waals surface area contributed by atoms with Gasteiger partial charge in [0.2, 0.25) is 11.7 Å². The Hall–Kier alpha value is -3.60. The van der Waals surface area contributed by atoms with E-state index in [1.807, 2.05) is 24.3 Å². The van der Waals surface area contributed by atoms with Crippen molar-refractivity contribution in [3.05, 3.63) is 58.7 Å². The number of rotatable bonds is 7. The molecule has 5 rings (SSSR count). The number of aryl methyl sites for hydroxylation is 1. The van der Waals surface area contributed by atoms with Crippen molar-refractivity contribution in [1.82, 2.24) is 4.90 Å². The number of hydrogen-bond acceptors (Lipinski definition) is 8. The van der Waals surface area contributed by atoms with Crippen LogP contribution < -0.4 is 5.73 Å². The number of likely N-dealkylation sites (N-methyl/N-ethyl adjacent to an activating group) is 1. The number of aliphatic hydroxyl groups is 3. The van der Waals surface area contributed by atoms with Gasteiger partial charge in [-0.3, -0.25) is 18.8 Å². The number of amides is 1. The number of Topliss-reactive ketones (excluding diaryl/α,β-unsaturated/α-hetero) is 2. The number of unbranched alkanes of at least 4 members (excludes halogenated alkanes) is 1. The molecule has 3 aliphatic rings. The Kier molecular flexibility index (Phi) is 7.52. The third-order valence-electron chi connectivity index (χ3n) is 9.09. The molecular formula is C31H35FN2O7. The van der Waals surface area contributed by atoms with Crippen LogP contribution in [0.25, 0.3) is 16.9 Å². The number of nitrogens with two attached hydrogens (primary N) is 1. The van der Waals surface area contributed by atoms with Crippen LogP contribution in [0.15, 0.2) is 42.0 Å². The quantitative estimate of drug-likeness (QED) is 0.251. The smallest absolute Gasteiger partial charge is 0.230 e. The molecule has 6 atom stereocenters. The first-order valence-corrected chi connectivity index (χ1v) is 13.8. The number of primary amides is 1. The first kappa shape index (κ1) is 28.9. The van der Waals surface area contributed by atoms with Crippen molar-refractivity contribution < 1.29 is 39.2 Å². The topological polar surface area (TPSA) is 161 Å². The number of alkyl halides is 1. The Morgan fingerprint density at radius 2 is 1.78 bits per heavy atom. The minimum Gasteiger partial charge on any atom is -0.507 e. The average Bonchev–Trinajstić information content (AvgIpc) is 2.91. The molecule has 2 aromatic carbocycles. The molecule has 6 N–H and O–H groups in total. The molecule has 0 spiro atoms. The lowest BCUT2D eigenvalue weighted by Crippen LogP contribution is -2.73. The van der Waals surface area contributed by atoms with E-state index in [0.29, 0.717) is 12.0 Å². The van der Waals surface area contributed by atoms with Gasteiger partial charge in [-0.2, -0.15) is 0 Å². The van der Waals surface area contributed by atoms with Crippen molar-refractivity contribution in [3.63, 3.8) is 0 Å². The van der Waals surface area contributed by atoms with E-state index < -0.39 is 58.7 Å². The van der Waals surface area contributed by atoms with E-state index in [-0.39, 0.29) is 36.4 Å². The third kappa shape index (κ3) is 4.45. The average molecular weight is 567 g/mol. The second kappa shape index (κ2) is 10.7. The molecule has 0 saturated heterocycles. The summed E-state index contributed by atoms with van der Waals surface area (Å²) in [5.74, 6) is -7.67. The Labute approximate surface area is 237 Å². The highest BCUT2D eigenvalue weighted by atomic mass is 19.1. The van der Waals surface area contributed by atoms with E-state index in [1.165, 1.54) is 6.07 Å². The van der Waals surface area contributed by atoms with E-state index in [2.05, 4.69) is 0 Å². The molecule has 0 aromatic heterocycles. The molecular weight excluding hydrogens is 531 g/mol. The Balaban J connectivity index is 1.60. The molecule has 9 nitrogen and oxygen atoms in total. The molecule has 0 aliphatic heterocycles. The van der Waals surface area contributed by atoms with Gasteiger partial charge in [0.25, 0.3) is 0 Å². The lowest BCUT2D eigenvalue weighted by atomic mass is 9.54. The standard InChI is InChI=1S/C31H35FN2O7/c1-34(2)25-20-14-17-13-19-18(16-8-6-15(7-9-16)5-3-4-12-32)10-11-21(35)23(19)26(36)22(17)28(38)31(20,41)29(39)24(27(25)37)30(33)40/h6-11,17,20,24-25,27,35-37,41H,3-5,12-14H2,1-2H3,(H2,33,40)/t17-,20-,24?,25?,27?,31-/m1/s1. The van der Waals surface area contributed by atoms with Crippen molar-refractivity contribution in [2.45, 2.75) is 49.9 Å². The first-order chi connectivity index (χ1) is 19.4. The van der Waals surface area contributed by atoms with Crippen molar-refractivity contribution in [2.24, 2.45) is 23.5 Å². The molecule has 41 heavy (non-hydrogen) atoms. The van der Waals surface area contributed by atoms with Crippen molar-refractivity contribution in [3.8, 4) is 16.9 Å². The van der Waals surface area contributed by atoms with E-state index in [4.69, 9.17) is 5.73 Å². The van der Waals surface area contributed by atoms with Gasteiger partial charge in [0.15, 0.2) is 11.4 Å². The number of carbonyl (C=O) groups excluding carboxylic acids is 3. The summed E-state index contributed by atoms with van der Waals surface area (Å²) in [5.41, 5.74) is 5.83. The maximum Gasteiger partial charge on any atom is 0.230 e. The fourth-order valence-electron chi connectivity index (χ4n) is 7.15. The molecule has 10 heteroatoms. The fraction of sp³-hybridized carbons (Fsp3) is 0.452. The Bertz CT molecular complexity index is 1440. The lowest BCUT2D eigenvalue weighted by molar-refractivity contribution is -0.184. The SMILES string of the molecule is CN(C)C1C(O)C(C(N)=O)C(=O)[C@]2(O)C(=O)C3=C(O)c4c(O)ccc(-c5ccc(CCCCF)cc5)c4C[C@@H]3C[C@H]12. The third-order valence-corrected chi connectivity index (χ3v) is 9.09. The van der Waals surface area contributed by atoms with Crippen LogP contribution in [0.5, 0.6) is 5.75 Å². The summed E-state index contributed by atoms with van der Waals surface area (Å²) < 4.78 is 12.5. The summed E-state index contributed by atoms with van der Waals surface area (Å²) in [6.07, 6.45) is 0.719. The summed E-state index contributed by atoms with van der Waals surface area (Å²) in [6.45, 7) is -0.354. The highest BCUT2D eigenvalue weighted by molar-refractivity contribution is 6.25. The number of nitrogens with zero attached hydrogens (tertiary/aromatic N) is 1. The van der Waals surface area contributed by atoms with E-state index in [0.717, 1.165) is 29.5 Å². The minimum absolute atomic E-state index is 0.0510. The van der Waals surface area contributed by atoms with E-state index in [9.17, 15) is 39.2 Å². The van der Waals surface area contributed by atoms with Gasteiger partial charge in [-0.1, -0.05) is 30.3 Å². The summed E-state index contributed by atoms with van der Waals surface area (Å²) in [6, 6.07) is 9.94. The fourth-order valence-corrected chi connectivity index (χ4v) is 7.15. The number of hydrogen-bond donors (Lipinski definition) is 5. The van der Waals surface area contributed by atoms with E-state index in [1.54, 1.807) is 25.1 Å². The molecule has 218 valence electrons. The maximum atomic E-state index is 14.0. The van der Waals surface area contributed by atoms with Crippen LogP contribution in [0.2, 0.25) is 0 Å². The van der Waals surface area contributed by atoms with Gasteiger partial charge in [-0.25, -0.2) is 0 Å². The largest absolute Gasteiger partial charge is 0.507 e. The zero-order valence-corrected chi connectivity index (χ0v) is 23.0. The molecule has 0 bridgehead atoms.